The van der Waals surface area contributed by atoms with Crippen LogP contribution < -0.4 is 5.32 Å². The normalized spacial score (nSPS) is 20.7. The van der Waals surface area contributed by atoms with E-state index in [-0.39, 0.29) is 24.7 Å². The van der Waals surface area contributed by atoms with Crippen molar-refractivity contribution in [3.63, 3.8) is 0 Å². The van der Waals surface area contributed by atoms with Crippen molar-refractivity contribution in [3.05, 3.63) is 28.3 Å². The molecule has 2 nitrogen and oxygen atoms in total. The zero-order valence-corrected chi connectivity index (χ0v) is 13.2. The predicted molar refractivity (Wildman–Crippen MR) is 83.6 cm³/mol. The Bertz CT molecular complexity index is 578. The van der Waals surface area contributed by atoms with E-state index in [1.807, 2.05) is 12.1 Å². The molecule has 0 atom stereocenters. The lowest BCUT2D eigenvalue weighted by Crippen LogP contribution is -2.27. The number of halogens is 3. The molecule has 1 aromatic carbocycles. The number of carbonyl (C=O) groups is 1. The van der Waals surface area contributed by atoms with Gasteiger partial charge in [0, 0.05) is 19.3 Å². The van der Waals surface area contributed by atoms with Crippen LogP contribution in [0.25, 0.3) is 0 Å². The summed E-state index contributed by atoms with van der Waals surface area (Å²) < 4.78 is 26.2. The Balaban J connectivity index is 1.58. The number of alkyl halides is 2. The van der Waals surface area contributed by atoms with E-state index in [0.717, 1.165) is 19.3 Å². The van der Waals surface area contributed by atoms with Crippen molar-refractivity contribution in [2.45, 2.75) is 57.3 Å². The molecule has 1 N–H and O–H groups in total. The molecule has 0 bridgehead atoms. The minimum absolute atomic E-state index is 0.0489. The monoisotopic (exact) mass is 327 g/mol. The number of aryl methyl sites for hydroxylation is 2. The third-order valence-electron chi connectivity index (χ3n) is 4.77. The molecule has 1 aromatic rings. The highest BCUT2D eigenvalue weighted by atomic mass is 35.5. The zero-order valence-electron chi connectivity index (χ0n) is 12.4. The van der Waals surface area contributed by atoms with Gasteiger partial charge in [0.1, 0.15) is 0 Å². The maximum Gasteiger partial charge on any atom is 0.248 e. The number of benzene rings is 1. The van der Waals surface area contributed by atoms with Crippen LogP contribution in [0.2, 0.25) is 5.02 Å². The summed E-state index contributed by atoms with van der Waals surface area (Å²) in [5.74, 6) is -2.63. The van der Waals surface area contributed by atoms with E-state index >= 15 is 0 Å². The van der Waals surface area contributed by atoms with Crippen molar-refractivity contribution in [1.29, 1.82) is 0 Å². The lowest BCUT2D eigenvalue weighted by atomic mass is 9.84. The highest BCUT2D eigenvalue weighted by molar-refractivity contribution is 6.33. The number of rotatable bonds is 3. The molecule has 5 heteroatoms. The van der Waals surface area contributed by atoms with Crippen LogP contribution in [0.5, 0.6) is 0 Å². The molecule has 0 spiro atoms. The largest absolute Gasteiger partial charge is 0.325 e. The van der Waals surface area contributed by atoms with Gasteiger partial charge in [-0.25, -0.2) is 8.78 Å². The number of amides is 1. The molecular formula is C17H20ClF2NO. The van der Waals surface area contributed by atoms with E-state index in [1.54, 1.807) is 0 Å². The van der Waals surface area contributed by atoms with Crippen LogP contribution in [0.4, 0.5) is 14.5 Å². The summed E-state index contributed by atoms with van der Waals surface area (Å²) in [6.07, 6.45) is 4.10. The fourth-order valence-electron chi connectivity index (χ4n) is 3.46. The summed E-state index contributed by atoms with van der Waals surface area (Å²) in [6, 6.07) is 3.89. The van der Waals surface area contributed by atoms with Crippen molar-refractivity contribution in [2.24, 2.45) is 5.92 Å². The molecule has 0 aromatic heterocycles. The molecular weight excluding hydrogens is 308 g/mol. The van der Waals surface area contributed by atoms with Crippen LogP contribution in [0.3, 0.4) is 0 Å². The van der Waals surface area contributed by atoms with Crippen molar-refractivity contribution >= 4 is 23.2 Å². The molecule has 2 aliphatic rings. The summed E-state index contributed by atoms with van der Waals surface area (Å²) in [4.78, 5) is 12.1. The Morgan fingerprint density at radius 2 is 1.86 bits per heavy atom. The Morgan fingerprint density at radius 1 is 1.23 bits per heavy atom. The predicted octanol–water partition coefficient (Wildman–Crippen LogP) is 4.98. The minimum atomic E-state index is -2.55. The second-order valence-corrected chi connectivity index (χ2v) is 6.91. The molecule has 0 unspecified atom stereocenters. The number of carbonyl (C=O) groups excluding carboxylic acids is 1. The van der Waals surface area contributed by atoms with Gasteiger partial charge in [0.2, 0.25) is 11.8 Å². The Labute approximate surface area is 134 Å². The van der Waals surface area contributed by atoms with Gasteiger partial charge in [0.05, 0.1) is 10.7 Å². The third kappa shape index (κ3) is 3.60. The van der Waals surface area contributed by atoms with Crippen LogP contribution >= 0.6 is 11.6 Å². The van der Waals surface area contributed by atoms with Gasteiger partial charge in [-0.3, -0.25) is 4.79 Å². The summed E-state index contributed by atoms with van der Waals surface area (Å²) in [7, 11) is 0. The highest BCUT2D eigenvalue weighted by Gasteiger charge is 2.35. The molecule has 22 heavy (non-hydrogen) atoms. The van der Waals surface area contributed by atoms with E-state index < -0.39 is 5.92 Å². The first kappa shape index (κ1) is 15.7. The second-order valence-electron chi connectivity index (χ2n) is 6.51. The minimum Gasteiger partial charge on any atom is -0.325 e. The number of anilines is 1. The first-order valence-corrected chi connectivity index (χ1v) is 8.30. The number of fused-ring (bicyclic) bond motifs is 1. The van der Waals surface area contributed by atoms with Crippen molar-refractivity contribution in [3.8, 4) is 0 Å². The fourth-order valence-corrected chi connectivity index (χ4v) is 3.69. The molecule has 2 aliphatic carbocycles. The molecule has 0 radical (unpaired) electrons. The summed E-state index contributed by atoms with van der Waals surface area (Å²) in [5.41, 5.74) is 3.16. The lowest BCUT2D eigenvalue weighted by Gasteiger charge is -2.27. The third-order valence-corrected chi connectivity index (χ3v) is 5.08. The van der Waals surface area contributed by atoms with E-state index in [4.69, 9.17) is 11.6 Å². The smallest absolute Gasteiger partial charge is 0.248 e. The average molecular weight is 328 g/mol. The molecule has 1 amide bonds. The van der Waals surface area contributed by atoms with E-state index in [2.05, 4.69) is 5.32 Å². The number of hydrogen-bond acceptors (Lipinski definition) is 1. The van der Waals surface area contributed by atoms with Gasteiger partial charge in [-0.05, 0) is 61.3 Å². The maximum absolute atomic E-state index is 13.1. The van der Waals surface area contributed by atoms with Gasteiger partial charge in [-0.2, -0.15) is 0 Å². The first-order chi connectivity index (χ1) is 10.4. The molecule has 3 rings (SSSR count). The molecule has 120 valence electrons. The molecule has 1 saturated carbocycles. The molecule has 0 saturated heterocycles. The van der Waals surface area contributed by atoms with Gasteiger partial charge in [0.25, 0.3) is 0 Å². The van der Waals surface area contributed by atoms with Gasteiger partial charge in [-0.15, -0.1) is 0 Å². The van der Waals surface area contributed by atoms with E-state index in [0.29, 0.717) is 30.0 Å². The van der Waals surface area contributed by atoms with Gasteiger partial charge in [-0.1, -0.05) is 11.6 Å². The first-order valence-electron chi connectivity index (χ1n) is 7.92. The molecule has 0 aliphatic heterocycles. The Kier molecular flexibility index (Phi) is 4.40. The van der Waals surface area contributed by atoms with E-state index in [9.17, 15) is 13.6 Å². The van der Waals surface area contributed by atoms with Crippen LogP contribution in [0, 0.1) is 5.92 Å². The van der Waals surface area contributed by atoms with Crippen LogP contribution in [-0.2, 0) is 17.6 Å². The van der Waals surface area contributed by atoms with Crippen LogP contribution in [0.1, 0.15) is 49.7 Å². The van der Waals surface area contributed by atoms with Crippen LogP contribution in [0.15, 0.2) is 12.1 Å². The standard InChI is InChI=1S/C17H20ClF2NO/c18-14-9-12-2-1-3-13(12)10-15(14)21-16(22)8-11-4-6-17(19,20)7-5-11/h9-11H,1-8H2,(H,21,22). The number of nitrogens with one attached hydrogen (secondary N) is 1. The molecule has 1 fully saturated rings. The summed E-state index contributed by atoms with van der Waals surface area (Å²) >= 11 is 6.22. The second kappa shape index (κ2) is 6.15. The fraction of sp³-hybridized carbons (Fsp3) is 0.588. The van der Waals surface area contributed by atoms with Crippen molar-refractivity contribution < 1.29 is 13.6 Å². The summed E-state index contributed by atoms with van der Waals surface area (Å²) in [5, 5.41) is 3.41. The SMILES string of the molecule is O=C(CC1CCC(F)(F)CC1)Nc1cc2c(cc1Cl)CCC2. The topological polar surface area (TPSA) is 29.1 Å². The Morgan fingerprint density at radius 3 is 2.55 bits per heavy atom. The molecule has 0 heterocycles. The van der Waals surface area contributed by atoms with Gasteiger partial charge < -0.3 is 5.32 Å². The Hall–Kier alpha value is -1.16. The van der Waals surface area contributed by atoms with Crippen molar-refractivity contribution in [2.75, 3.05) is 5.32 Å². The van der Waals surface area contributed by atoms with E-state index in [1.165, 1.54) is 11.1 Å². The average Bonchev–Trinajstić information content (AvgIpc) is 2.88. The highest BCUT2D eigenvalue weighted by Crippen LogP contribution is 2.38. The quantitative estimate of drug-likeness (QED) is 0.833. The number of hydrogen-bond donors (Lipinski definition) is 1. The zero-order chi connectivity index (χ0) is 15.7. The van der Waals surface area contributed by atoms with Gasteiger partial charge in [0.15, 0.2) is 0 Å². The maximum atomic E-state index is 13.1. The van der Waals surface area contributed by atoms with Crippen molar-refractivity contribution in [1.82, 2.24) is 0 Å². The lowest BCUT2D eigenvalue weighted by molar-refractivity contribution is -0.118. The van der Waals surface area contributed by atoms with Crippen LogP contribution in [-0.4, -0.2) is 11.8 Å². The summed E-state index contributed by atoms with van der Waals surface area (Å²) in [6.45, 7) is 0. The van der Waals surface area contributed by atoms with Gasteiger partial charge >= 0.3 is 0 Å².